The van der Waals surface area contributed by atoms with E-state index in [0.717, 1.165) is 26.1 Å². The van der Waals surface area contributed by atoms with E-state index < -0.39 is 11.6 Å². The summed E-state index contributed by atoms with van der Waals surface area (Å²) in [6.45, 7) is 4.64. The summed E-state index contributed by atoms with van der Waals surface area (Å²) in [6, 6.07) is 3.87. The largest absolute Gasteiger partial charge is 0.319 e. The number of rotatable bonds is 4. The van der Waals surface area contributed by atoms with Gasteiger partial charge in [0.15, 0.2) is 0 Å². The Bertz CT molecular complexity index is 389. The van der Waals surface area contributed by atoms with Crippen LogP contribution < -0.4 is 5.32 Å². The van der Waals surface area contributed by atoms with E-state index in [1.54, 1.807) is 0 Å². The van der Waals surface area contributed by atoms with Gasteiger partial charge in [-0.25, -0.2) is 8.78 Å². The fourth-order valence-corrected chi connectivity index (χ4v) is 2.76. The first-order valence-corrected chi connectivity index (χ1v) is 6.46. The van der Waals surface area contributed by atoms with Crippen LogP contribution in [0.25, 0.3) is 0 Å². The van der Waals surface area contributed by atoms with Crippen molar-refractivity contribution in [1.29, 1.82) is 0 Å². The Morgan fingerprint density at radius 1 is 1.39 bits per heavy atom. The molecule has 0 radical (unpaired) electrons. The van der Waals surface area contributed by atoms with Crippen LogP contribution in [0.4, 0.5) is 8.78 Å². The van der Waals surface area contributed by atoms with Crippen LogP contribution in [0.2, 0.25) is 0 Å². The van der Waals surface area contributed by atoms with Gasteiger partial charge in [-0.05, 0) is 51.5 Å². The third-order valence-electron chi connectivity index (χ3n) is 3.78. The zero-order valence-electron chi connectivity index (χ0n) is 10.9. The first-order chi connectivity index (χ1) is 8.63. The molecule has 0 spiro atoms. The lowest BCUT2D eigenvalue weighted by Crippen LogP contribution is -2.28. The van der Waals surface area contributed by atoms with Crippen LogP contribution >= 0.6 is 0 Å². The van der Waals surface area contributed by atoms with E-state index in [0.29, 0.717) is 5.92 Å². The van der Waals surface area contributed by atoms with Gasteiger partial charge in [-0.2, -0.15) is 0 Å². The van der Waals surface area contributed by atoms with Crippen molar-refractivity contribution in [2.75, 3.05) is 26.7 Å². The second-order valence-corrected chi connectivity index (χ2v) is 5.02. The topological polar surface area (TPSA) is 15.3 Å². The van der Waals surface area contributed by atoms with E-state index in [2.05, 4.69) is 10.2 Å². The SMILES string of the molecule is CNCC1CCN(C(C)c2c(F)cccc2F)C1. The fraction of sp³-hybridized carbons (Fsp3) is 0.571. The van der Waals surface area contributed by atoms with Crippen LogP contribution in [-0.2, 0) is 0 Å². The maximum atomic E-state index is 13.7. The van der Waals surface area contributed by atoms with Gasteiger partial charge in [-0.1, -0.05) is 6.07 Å². The molecule has 1 aliphatic rings. The number of hydrogen-bond donors (Lipinski definition) is 1. The second-order valence-electron chi connectivity index (χ2n) is 5.02. The third kappa shape index (κ3) is 2.70. The highest BCUT2D eigenvalue weighted by Crippen LogP contribution is 2.30. The number of likely N-dealkylation sites (tertiary alicyclic amines) is 1. The van der Waals surface area contributed by atoms with Crippen molar-refractivity contribution >= 4 is 0 Å². The molecule has 0 saturated carbocycles. The first-order valence-electron chi connectivity index (χ1n) is 6.46. The van der Waals surface area contributed by atoms with Gasteiger partial charge in [0.25, 0.3) is 0 Å². The molecule has 1 saturated heterocycles. The van der Waals surface area contributed by atoms with Crippen molar-refractivity contribution in [3.63, 3.8) is 0 Å². The maximum Gasteiger partial charge on any atom is 0.130 e. The molecule has 18 heavy (non-hydrogen) atoms. The molecule has 100 valence electrons. The predicted molar refractivity (Wildman–Crippen MR) is 68.4 cm³/mol. The van der Waals surface area contributed by atoms with Crippen LogP contribution in [0.1, 0.15) is 24.9 Å². The predicted octanol–water partition coefficient (Wildman–Crippen LogP) is 2.57. The van der Waals surface area contributed by atoms with Crippen molar-refractivity contribution in [2.24, 2.45) is 5.92 Å². The van der Waals surface area contributed by atoms with Gasteiger partial charge < -0.3 is 5.32 Å². The van der Waals surface area contributed by atoms with Gasteiger partial charge in [0.05, 0.1) is 0 Å². The Balaban J connectivity index is 2.10. The minimum Gasteiger partial charge on any atom is -0.319 e. The Labute approximate surface area is 107 Å². The molecular formula is C14H20F2N2. The van der Waals surface area contributed by atoms with Crippen molar-refractivity contribution in [3.8, 4) is 0 Å². The Morgan fingerprint density at radius 2 is 2.06 bits per heavy atom. The highest BCUT2D eigenvalue weighted by Gasteiger charge is 2.29. The molecule has 1 fully saturated rings. The molecule has 1 aliphatic heterocycles. The van der Waals surface area contributed by atoms with Crippen LogP contribution in [0.15, 0.2) is 18.2 Å². The summed E-state index contributed by atoms with van der Waals surface area (Å²) in [5, 5.41) is 3.16. The summed E-state index contributed by atoms with van der Waals surface area (Å²) < 4.78 is 27.4. The summed E-state index contributed by atoms with van der Waals surface area (Å²) in [6.07, 6.45) is 1.08. The molecule has 0 amide bonds. The summed E-state index contributed by atoms with van der Waals surface area (Å²) >= 11 is 0. The number of halogens is 2. The molecule has 2 rings (SSSR count). The van der Waals surface area contributed by atoms with E-state index in [1.807, 2.05) is 14.0 Å². The van der Waals surface area contributed by atoms with E-state index >= 15 is 0 Å². The first kappa shape index (κ1) is 13.4. The number of nitrogens with one attached hydrogen (secondary N) is 1. The van der Waals surface area contributed by atoms with Crippen LogP contribution in [0.3, 0.4) is 0 Å². The van der Waals surface area contributed by atoms with Gasteiger partial charge in [0.1, 0.15) is 11.6 Å². The van der Waals surface area contributed by atoms with Gasteiger partial charge in [-0.3, -0.25) is 4.90 Å². The molecule has 1 N–H and O–H groups in total. The Morgan fingerprint density at radius 3 is 2.67 bits per heavy atom. The minimum atomic E-state index is -0.445. The van der Waals surface area contributed by atoms with Crippen molar-refractivity contribution in [1.82, 2.24) is 10.2 Å². The molecule has 1 heterocycles. The Hall–Kier alpha value is -1.00. The summed E-state index contributed by atoms with van der Waals surface area (Å²) in [7, 11) is 1.93. The van der Waals surface area contributed by atoms with Gasteiger partial charge >= 0.3 is 0 Å². The lowest BCUT2D eigenvalue weighted by molar-refractivity contribution is 0.241. The number of nitrogens with zero attached hydrogens (tertiary/aromatic N) is 1. The molecule has 2 nitrogen and oxygen atoms in total. The zero-order valence-corrected chi connectivity index (χ0v) is 10.9. The zero-order chi connectivity index (χ0) is 13.1. The minimum absolute atomic E-state index is 0.197. The standard InChI is InChI=1S/C14H20F2N2/c1-10(14-12(15)4-3-5-13(14)16)18-7-6-11(9-18)8-17-2/h3-5,10-11,17H,6-9H2,1-2H3. The van der Waals surface area contributed by atoms with Crippen molar-refractivity contribution in [2.45, 2.75) is 19.4 Å². The lowest BCUT2D eigenvalue weighted by atomic mass is 10.1. The molecule has 2 atom stereocenters. The van der Waals surface area contributed by atoms with E-state index in [1.165, 1.54) is 18.2 Å². The average Bonchev–Trinajstić information content (AvgIpc) is 2.78. The number of hydrogen-bond acceptors (Lipinski definition) is 2. The molecule has 0 aromatic heterocycles. The maximum absolute atomic E-state index is 13.7. The van der Waals surface area contributed by atoms with Gasteiger partial charge in [0, 0.05) is 18.2 Å². The molecule has 1 aromatic carbocycles. The van der Waals surface area contributed by atoms with Gasteiger partial charge in [-0.15, -0.1) is 0 Å². The molecule has 0 bridgehead atoms. The summed E-state index contributed by atoms with van der Waals surface area (Å²) in [4.78, 5) is 2.16. The van der Waals surface area contributed by atoms with Crippen molar-refractivity contribution in [3.05, 3.63) is 35.4 Å². The van der Waals surface area contributed by atoms with Crippen LogP contribution in [0, 0.1) is 17.6 Å². The average molecular weight is 254 g/mol. The highest BCUT2D eigenvalue weighted by molar-refractivity contribution is 5.23. The highest BCUT2D eigenvalue weighted by atomic mass is 19.1. The quantitative estimate of drug-likeness (QED) is 0.888. The summed E-state index contributed by atoms with van der Waals surface area (Å²) in [5.74, 6) is -0.314. The van der Waals surface area contributed by atoms with E-state index in [-0.39, 0.29) is 11.6 Å². The summed E-state index contributed by atoms with van der Waals surface area (Å²) in [5.41, 5.74) is 0.197. The van der Waals surface area contributed by atoms with Crippen molar-refractivity contribution < 1.29 is 8.78 Å². The second kappa shape index (κ2) is 5.76. The lowest BCUT2D eigenvalue weighted by Gasteiger charge is -2.25. The fourth-order valence-electron chi connectivity index (χ4n) is 2.76. The molecule has 4 heteroatoms. The normalized spacial score (nSPS) is 22.3. The Kier molecular flexibility index (Phi) is 4.30. The monoisotopic (exact) mass is 254 g/mol. The molecular weight excluding hydrogens is 234 g/mol. The van der Waals surface area contributed by atoms with E-state index in [4.69, 9.17) is 0 Å². The van der Waals surface area contributed by atoms with E-state index in [9.17, 15) is 8.78 Å². The van der Waals surface area contributed by atoms with Gasteiger partial charge in [0.2, 0.25) is 0 Å². The van der Waals surface area contributed by atoms with Crippen LogP contribution in [-0.4, -0.2) is 31.6 Å². The smallest absolute Gasteiger partial charge is 0.130 e. The molecule has 1 aromatic rings. The number of benzene rings is 1. The molecule has 0 aliphatic carbocycles. The molecule has 2 unspecified atom stereocenters. The third-order valence-corrected chi connectivity index (χ3v) is 3.78. The van der Waals surface area contributed by atoms with Crippen LogP contribution in [0.5, 0.6) is 0 Å².